The Bertz CT molecular complexity index is 643. The molecule has 1 rings (SSSR count). The van der Waals surface area contributed by atoms with Crippen molar-refractivity contribution < 1.29 is 19.0 Å². The first-order valence-electron chi connectivity index (χ1n) is 8.78. The van der Waals surface area contributed by atoms with Crippen molar-refractivity contribution in [2.75, 3.05) is 34.4 Å². The Kier molecular flexibility index (Phi) is 9.21. The fourth-order valence-corrected chi connectivity index (χ4v) is 2.29. The highest BCUT2D eigenvalue weighted by Gasteiger charge is 2.16. The second kappa shape index (κ2) is 10.9. The maximum atomic E-state index is 11.6. The van der Waals surface area contributed by atoms with Gasteiger partial charge in [-0.25, -0.2) is 9.78 Å². The fourth-order valence-electron chi connectivity index (χ4n) is 2.11. The largest absolute Gasteiger partial charge is 0.496 e. The van der Waals surface area contributed by atoms with Crippen LogP contribution in [0.3, 0.4) is 0 Å². The van der Waals surface area contributed by atoms with E-state index in [1.807, 2.05) is 52.0 Å². The average molecular weight is 400 g/mol. The van der Waals surface area contributed by atoms with E-state index >= 15 is 0 Å². The Labute approximate surface area is 166 Å². The maximum absolute atomic E-state index is 11.6. The van der Waals surface area contributed by atoms with E-state index in [0.717, 1.165) is 5.56 Å². The maximum Gasteiger partial charge on any atom is 0.407 e. The Morgan fingerprint density at radius 1 is 1.37 bits per heavy atom. The smallest absolute Gasteiger partial charge is 0.407 e. The molecule has 152 valence electrons. The Morgan fingerprint density at radius 3 is 2.67 bits per heavy atom. The summed E-state index contributed by atoms with van der Waals surface area (Å²) >= 11 is 6.06. The third-order valence-corrected chi connectivity index (χ3v) is 3.38. The molecule has 0 fully saturated rings. The van der Waals surface area contributed by atoms with Gasteiger partial charge in [0.05, 0.1) is 19.3 Å². The van der Waals surface area contributed by atoms with Crippen LogP contribution in [0.4, 0.5) is 4.79 Å². The highest BCUT2D eigenvalue weighted by Crippen LogP contribution is 2.30. The van der Waals surface area contributed by atoms with Gasteiger partial charge in [0.2, 0.25) is 5.88 Å². The van der Waals surface area contributed by atoms with Gasteiger partial charge in [-0.05, 0) is 33.4 Å². The molecule has 0 saturated heterocycles. The molecule has 7 nitrogen and oxygen atoms in total. The second-order valence-electron chi connectivity index (χ2n) is 7.11. The van der Waals surface area contributed by atoms with E-state index in [0.29, 0.717) is 42.8 Å². The molecule has 1 amide bonds. The number of amides is 1. The van der Waals surface area contributed by atoms with Crippen LogP contribution in [0.2, 0.25) is 5.15 Å². The number of carbonyl (C=O) groups excluding carboxylic acids is 1. The Balaban J connectivity index is 2.63. The van der Waals surface area contributed by atoms with E-state index in [9.17, 15) is 4.79 Å². The molecular formula is C19H30ClN3O4. The molecule has 0 aliphatic heterocycles. The van der Waals surface area contributed by atoms with Crippen LogP contribution in [0, 0.1) is 0 Å². The number of hydrogen-bond donors (Lipinski definition) is 1. The van der Waals surface area contributed by atoms with E-state index in [2.05, 4.69) is 10.3 Å². The van der Waals surface area contributed by atoms with E-state index in [4.69, 9.17) is 25.8 Å². The first-order valence-corrected chi connectivity index (χ1v) is 9.16. The van der Waals surface area contributed by atoms with Gasteiger partial charge in [0.15, 0.2) is 0 Å². The van der Waals surface area contributed by atoms with Crippen molar-refractivity contribution in [2.45, 2.75) is 39.2 Å². The lowest BCUT2D eigenvalue weighted by Crippen LogP contribution is -2.33. The van der Waals surface area contributed by atoms with Crippen LogP contribution in [0.25, 0.3) is 0 Å². The van der Waals surface area contributed by atoms with Gasteiger partial charge in [0.1, 0.15) is 16.5 Å². The molecule has 0 radical (unpaired) electrons. The molecule has 1 N–H and O–H groups in total. The molecule has 1 aromatic heterocycles. The summed E-state index contributed by atoms with van der Waals surface area (Å²) in [5, 5.41) is 2.99. The molecule has 0 spiro atoms. The number of alkyl carbamates (subject to hydrolysis) is 1. The lowest BCUT2D eigenvalue weighted by atomic mass is 10.1. The molecule has 1 heterocycles. The number of halogens is 1. The minimum atomic E-state index is -0.517. The van der Waals surface area contributed by atoms with E-state index in [-0.39, 0.29) is 0 Å². The van der Waals surface area contributed by atoms with Crippen molar-refractivity contribution in [3.8, 4) is 11.6 Å². The molecule has 0 saturated carbocycles. The highest BCUT2D eigenvalue weighted by atomic mass is 35.5. The van der Waals surface area contributed by atoms with Gasteiger partial charge in [-0.15, -0.1) is 0 Å². The van der Waals surface area contributed by atoms with Gasteiger partial charge in [0.25, 0.3) is 0 Å². The molecule has 0 bridgehead atoms. The number of rotatable bonds is 9. The fraction of sp³-hybridized carbons (Fsp3) is 0.579. The number of ether oxygens (including phenoxy) is 3. The number of allylic oxidation sites excluding steroid dienone is 1. The summed E-state index contributed by atoms with van der Waals surface area (Å²) in [6.07, 6.45) is 4.69. The van der Waals surface area contributed by atoms with Crippen LogP contribution in [0.15, 0.2) is 18.3 Å². The average Bonchev–Trinajstić information content (AvgIpc) is 2.53. The molecule has 0 atom stereocenters. The normalized spacial score (nSPS) is 11.4. The number of nitrogens with zero attached hydrogens (tertiary/aromatic N) is 2. The molecule has 0 aliphatic carbocycles. The molecule has 0 aromatic carbocycles. The molecule has 27 heavy (non-hydrogen) atoms. The first-order chi connectivity index (χ1) is 12.6. The predicted octanol–water partition coefficient (Wildman–Crippen LogP) is 3.66. The number of nitrogens with one attached hydrogen (secondary N) is 1. The number of methoxy groups -OCH3 is 1. The monoisotopic (exact) mass is 399 g/mol. The molecular weight excluding hydrogens is 370 g/mol. The molecule has 0 aliphatic rings. The third-order valence-electron chi connectivity index (χ3n) is 3.19. The predicted molar refractivity (Wildman–Crippen MR) is 107 cm³/mol. The van der Waals surface area contributed by atoms with Crippen molar-refractivity contribution in [1.82, 2.24) is 15.2 Å². The zero-order valence-electron chi connectivity index (χ0n) is 17.0. The van der Waals surface area contributed by atoms with Crippen molar-refractivity contribution in [2.24, 2.45) is 0 Å². The van der Waals surface area contributed by atoms with Gasteiger partial charge in [-0.3, -0.25) is 0 Å². The lowest BCUT2D eigenvalue weighted by molar-refractivity contribution is 0.0525. The van der Waals surface area contributed by atoms with Crippen molar-refractivity contribution in [3.05, 3.63) is 29.1 Å². The van der Waals surface area contributed by atoms with Gasteiger partial charge >= 0.3 is 6.09 Å². The number of aromatic nitrogens is 1. The zero-order chi connectivity index (χ0) is 20.4. The second-order valence-corrected chi connectivity index (χ2v) is 7.50. The summed E-state index contributed by atoms with van der Waals surface area (Å²) in [6, 6.07) is 1.66. The summed E-state index contributed by atoms with van der Waals surface area (Å²) in [4.78, 5) is 17.8. The summed E-state index contributed by atoms with van der Waals surface area (Å²) in [6.45, 7) is 6.26. The Morgan fingerprint density at radius 2 is 2.07 bits per heavy atom. The number of hydrogen-bond acceptors (Lipinski definition) is 6. The van der Waals surface area contributed by atoms with E-state index in [1.54, 1.807) is 13.2 Å². The van der Waals surface area contributed by atoms with Crippen LogP contribution < -0.4 is 14.8 Å². The summed E-state index contributed by atoms with van der Waals surface area (Å²) < 4.78 is 16.4. The van der Waals surface area contributed by atoms with Crippen molar-refractivity contribution in [3.63, 3.8) is 0 Å². The van der Waals surface area contributed by atoms with Crippen LogP contribution in [-0.2, 0) is 11.2 Å². The zero-order valence-corrected chi connectivity index (χ0v) is 17.7. The summed E-state index contributed by atoms with van der Waals surface area (Å²) in [7, 11) is 5.48. The number of carbonyl (C=O) groups is 1. The third kappa shape index (κ3) is 9.38. The van der Waals surface area contributed by atoms with Gasteiger partial charge in [-0.1, -0.05) is 17.7 Å². The van der Waals surface area contributed by atoms with Crippen LogP contribution in [0.1, 0.15) is 32.8 Å². The highest BCUT2D eigenvalue weighted by molar-refractivity contribution is 6.29. The van der Waals surface area contributed by atoms with E-state index < -0.39 is 11.7 Å². The topological polar surface area (TPSA) is 72.9 Å². The summed E-state index contributed by atoms with van der Waals surface area (Å²) in [5.74, 6) is 1.06. The van der Waals surface area contributed by atoms with E-state index in [1.165, 1.54) is 0 Å². The van der Waals surface area contributed by atoms with Gasteiger partial charge in [0, 0.05) is 33.1 Å². The molecule has 1 aromatic rings. The summed E-state index contributed by atoms with van der Waals surface area (Å²) in [5.41, 5.74) is 0.302. The SMILES string of the molecule is COc1cc(Cl)nc(OCCCNC(=O)OC(C)(C)C)c1C/C=C/N(C)C. The van der Waals surface area contributed by atoms with Crippen LogP contribution in [0.5, 0.6) is 11.6 Å². The lowest BCUT2D eigenvalue weighted by Gasteiger charge is -2.19. The van der Waals surface area contributed by atoms with Gasteiger partial charge in [-0.2, -0.15) is 0 Å². The number of pyridine rings is 1. The first kappa shape index (κ1) is 22.9. The van der Waals surface area contributed by atoms with Crippen molar-refractivity contribution >= 4 is 17.7 Å². The Hall–Kier alpha value is -2.15. The molecule has 8 heteroatoms. The van der Waals surface area contributed by atoms with Crippen LogP contribution in [-0.4, -0.2) is 55.9 Å². The van der Waals surface area contributed by atoms with Gasteiger partial charge < -0.3 is 24.4 Å². The quantitative estimate of drug-likeness (QED) is 0.504. The van der Waals surface area contributed by atoms with Crippen molar-refractivity contribution in [1.29, 1.82) is 0 Å². The van der Waals surface area contributed by atoms with Crippen LogP contribution >= 0.6 is 11.6 Å². The standard InChI is InChI=1S/C19H30ClN3O4/c1-19(2,3)27-18(24)21-10-8-12-26-17-14(9-7-11-23(4)5)15(25-6)13-16(20)22-17/h7,11,13H,8-10,12H2,1-6H3,(H,21,24)/b11-7+. The minimum absolute atomic E-state index is 0.300. The minimum Gasteiger partial charge on any atom is -0.496 e. The molecule has 0 unspecified atom stereocenters.